The van der Waals surface area contributed by atoms with Gasteiger partial charge in [-0.1, -0.05) is 35.8 Å². The van der Waals surface area contributed by atoms with Crippen molar-refractivity contribution in [1.82, 2.24) is 3.96 Å². The maximum Gasteiger partial charge on any atom is 0.273 e. The van der Waals surface area contributed by atoms with E-state index >= 15 is 0 Å². The highest BCUT2D eigenvalue weighted by molar-refractivity contribution is 7.14. The molecule has 0 radical (unpaired) electrons. The van der Waals surface area contributed by atoms with Gasteiger partial charge in [-0.3, -0.25) is 4.79 Å². The highest BCUT2D eigenvalue weighted by Crippen LogP contribution is 2.20. The number of hydrogen-bond acceptors (Lipinski definition) is 3. The van der Waals surface area contributed by atoms with Crippen LogP contribution < -0.4 is 11.3 Å². The van der Waals surface area contributed by atoms with Crippen LogP contribution in [0.25, 0.3) is 15.8 Å². The van der Waals surface area contributed by atoms with Crippen LogP contribution in [0, 0.1) is 0 Å². The maximum absolute atomic E-state index is 12.4. The SMILES string of the molecule is NCCCc1cccc(-n2sc3ccccc3c2=O)c1. The summed E-state index contributed by atoms with van der Waals surface area (Å²) in [6.07, 6.45) is 1.91. The molecule has 0 unspecified atom stereocenters. The van der Waals surface area contributed by atoms with Gasteiger partial charge in [0.1, 0.15) is 0 Å². The number of nitrogens with two attached hydrogens (primary N) is 1. The van der Waals surface area contributed by atoms with Gasteiger partial charge in [0.2, 0.25) is 0 Å². The lowest BCUT2D eigenvalue weighted by Crippen LogP contribution is -2.10. The van der Waals surface area contributed by atoms with Crippen molar-refractivity contribution < 1.29 is 0 Å². The Bertz CT molecular complexity index is 788. The standard InChI is InChI=1S/C16H16N2OS/c17-10-4-6-12-5-3-7-13(11-12)18-16(19)14-8-1-2-9-15(14)20-18/h1-3,5,7-9,11H,4,6,10,17H2. The summed E-state index contributed by atoms with van der Waals surface area (Å²) in [6, 6.07) is 15.8. The van der Waals surface area contributed by atoms with E-state index in [0.29, 0.717) is 6.54 Å². The van der Waals surface area contributed by atoms with Gasteiger partial charge in [-0.25, -0.2) is 3.96 Å². The molecule has 0 fully saturated rings. The second kappa shape index (κ2) is 5.61. The second-order valence-corrected chi connectivity index (χ2v) is 5.74. The van der Waals surface area contributed by atoms with Crippen molar-refractivity contribution in [3.63, 3.8) is 0 Å². The smallest absolute Gasteiger partial charge is 0.273 e. The molecule has 0 saturated heterocycles. The largest absolute Gasteiger partial charge is 0.330 e. The first-order chi connectivity index (χ1) is 9.79. The van der Waals surface area contributed by atoms with Crippen molar-refractivity contribution in [3.05, 3.63) is 64.4 Å². The average molecular weight is 284 g/mol. The summed E-state index contributed by atoms with van der Waals surface area (Å²) >= 11 is 1.49. The van der Waals surface area contributed by atoms with E-state index in [1.165, 1.54) is 17.1 Å². The third-order valence-corrected chi connectivity index (χ3v) is 4.42. The molecule has 102 valence electrons. The summed E-state index contributed by atoms with van der Waals surface area (Å²) in [5, 5.41) is 0.782. The van der Waals surface area contributed by atoms with E-state index in [1.807, 2.05) is 36.4 Å². The highest BCUT2D eigenvalue weighted by atomic mass is 32.1. The summed E-state index contributed by atoms with van der Waals surface area (Å²) in [6.45, 7) is 0.688. The molecule has 3 rings (SSSR count). The first kappa shape index (κ1) is 13.1. The van der Waals surface area contributed by atoms with E-state index in [4.69, 9.17) is 5.73 Å². The van der Waals surface area contributed by atoms with E-state index in [9.17, 15) is 4.79 Å². The van der Waals surface area contributed by atoms with Crippen LogP contribution in [0.3, 0.4) is 0 Å². The summed E-state index contributed by atoms with van der Waals surface area (Å²) in [7, 11) is 0. The predicted molar refractivity (Wildman–Crippen MR) is 84.8 cm³/mol. The molecule has 0 atom stereocenters. The van der Waals surface area contributed by atoms with E-state index in [2.05, 4.69) is 12.1 Å². The molecule has 2 N–H and O–H groups in total. The zero-order valence-electron chi connectivity index (χ0n) is 11.1. The first-order valence-corrected chi connectivity index (χ1v) is 7.47. The first-order valence-electron chi connectivity index (χ1n) is 6.70. The van der Waals surface area contributed by atoms with E-state index in [0.717, 1.165) is 28.6 Å². The topological polar surface area (TPSA) is 48.0 Å². The Morgan fingerprint density at radius 3 is 2.75 bits per heavy atom. The zero-order valence-corrected chi connectivity index (χ0v) is 11.9. The minimum Gasteiger partial charge on any atom is -0.330 e. The fourth-order valence-corrected chi connectivity index (χ4v) is 3.28. The molecule has 2 aromatic carbocycles. The number of benzene rings is 2. The molecule has 0 aliphatic carbocycles. The molecular weight excluding hydrogens is 268 g/mol. The lowest BCUT2D eigenvalue weighted by atomic mass is 10.1. The molecule has 0 aliphatic rings. The van der Waals surface area contributed by atoms with Gasteiger partial charge in [-0.15, -0.1) is 0 Å². The van der Waals surface area contributed by atoms with Crippen LogP contribution in [0.5, 0.6) is 0 Å². The van der Waals surface area contributed by atoms with Crippen molar-refractivity contribution in [3.8, 4) is 5.69 Å². The Hall–Kier alpha value is -1.91. The third kappa shape index (κ3) is 2.40. The van der Waals surface area contributed by atoms with Gasteiger partial charge < -0.3 is 5.73 Å². The van der Waals surface area contributed by atoms with E-state index in [-0.39, 0.29) is 5.56 Å². The molecule has 1 aromatic heterocycles. The molecule has 0 saturated carbocycles. The normalized spacial score (nSPS) is 11.1. The number of rotatable bonds is 4. The van der Waals surface area contributed by atoms with Gasteiger partial charge in [0.25, 0.3) is 5.56 Å². The fraction of sp³-hybridized carbons (Fsp3) is 0.188. The Balaban J connectivity index is 2.06. The summed E-state index contributed by atoms with van der Waals surface area (Å²) in [5.41, 5.74) is 7.76. The lowest BCUT2D eigenvalue weighted by molar-refractivity contribution is 0.831. The van der Waals surface area contributed by atoms with Gasteiger partial charge in [0.15, 0.2) is 0 Å². The van der Waals surface area contributed by atoms with Gasteiger partial charge in [-0.05, 0) is 49.2 Å². The van der Waals surface area contributed by atoms with Gasteiger partial charge in [-0.2, -0.15) is 0 Å². The summed E-state index contributed by atoms with van der Waals surface area (Å²) < 4.78 is 2.78. The molecule has 4 heteroatoms. The van der Waals surface area contributed by atoms with Gasteiger partial charge >= 0.3 is 0 Å². The Kier molecular flexibility index (Phi) is 3.67. The molecule has 0 bridgehead atoms. The van der Waals surface area contributed by atoms with Crippen molar-refractivity contribution in [2.45, 2.75) is 12.8 Å². The van der Waals surface area contributed by atoms with Crippen LogP contribution in [0.2, 0.25) is 0 Å². The number of nitrogens with zero attached hydrogens (tertiary/aromatic N) is 1. The molecule has 3 aromatic rings. The molecular formula is C16H16N2OS. The van der Waals surface area contributed by atoms with Crippen LogP contribution in [-0.4, -0.2) is 10.5 Å². The minimum absolute atomic E-state index is 0.0570. The summed E-state index contributed by atoms with van der Waals surface area (Å²) in [4.78, 5) is 12.4. The van der Waals surface area contributed by atoms with Gasteiger partial charge in [0, 0.05) is 0 Å². The Morgan fingerprint density at radius 2 is 1.95 bits per heavy atom. The minimum atomic E-state index is 0.0570. The number of aromatic nitrogens is 1. The van der Waals surface area contributed by atoms with Gasteiger partial charge in [0.05, 0.1) is 15.8 Å². The molecule has 3 nitrogen and oxygen atoms in total. The molecule has 0 amide bonds. The third-order valence-electron chi connectivity index (χ3n) is 3.31. The second-order valence-electron chi connectivity index (χ2n) is 4.75. The molecule has 20 heavy (non-hydrogen) atoms. The quantitative estimate of drug-likeness (QED) is 0.800. The monoisotopic (exact) mass is 284 g/mol. The lowest BCUT2D eigenvalue weighted by Gasteiger charge is -2.04. The van der Waals surface area contributed by atoms with Crippen LogP contribution in [-0.2, 0) is 6.42 Å². The van der Waals surface area contributed by atoms with Crippen molar-refractivity contribution in [2.75, 3.05) is 6.54 Å². The van der Waals surface area contributed by atoms with Crippen LogP contribution in [0.4, 0.5) is 0 Å². The van der Waals surface area contributed by atoms with Crippen molar-refractivity contribution in [2.24, 2.45) is 5.73 Å². The van der Waals surface area contributed by atoms with E-state index in [1.54, 1.807) is 3.96 Å². The highest BCUT2D eigenvalue weighted by Gasteiger charge is 2.08. The molecule has 0 aliphatic heterocycles. The number of hydrogen-bond donors (Lipinski definition) is 1. The average Bonchev–Trinajstić information content (AvgIpc) is 2.83. The van der Waals surface area contributed by atoms with Crippen LogP contribution in [0.15, 0.2) is 53.3 Å². The summed E-state index contributed by atoms with van der Waals surface area (Å²) in [5.74, 6) is 0. The Labute approximate surface area is 121 Å². The fourth-order valence-electron chi connectivity index (χ4n) is 2.29. The molecule has 1 heterocycles. The Morgan fingerprint density at radius 1 is 1.10 bits per heavy atom. The van der Waals surface area contributed by atoms with Crippen LogP contribution >= 0.6 is 11.5 Å². The zero-order chi connectivity index (χ0) is 13.9. The number of aryl methyl sites for hydroxylation is 1. The predicted octanol–water partition coefficient (Wildman–Crippen LogP) is 2.94. The number of fused-ring (bicyclic) bond motifs is 1. The maximum atomic E-state index is 12.4. The van der Waals surface area contributed by atoms with Crippen LogP contribution in [0.1, 0.15) is 12.0 Å². The van der Waals surface area contributed by atoms with E-state index < -0.39 is 0 Å². The van der Waals surface area contributed by atoms with Crippen molar-refractivity contribution >= 4 is 21.6 Å². The molecule has 0 spiro atoms. The van der Waals surface area contributed by atoms with Crippen molar-refractivity contribution in [1.29, 1.82) is 0 Å².